The molecular formula is C20H24N6O. The third-order valence-electron chi connectivity index (χ3n) is 5.02. The lowest BCUT2D eigenvalue weighted by Gasteiger charge is -2.33. The third kappa shape index (κ3) is 3.78. The lowest BCUT2D eigenvalue weighted by atomic mass is 10.1. The first kappa shape index (κ1) is 17.5. The van der Waals surface area contributed by atoms with Gasteiger partial charge in [0, 0.05) is 44.3 Å². The van der Waals surface area contributed by atoms with Crippen LogP contribution in [0.1, 0.15) is 21.6 Å². The number of aromatic amines is 1. The Morgan fingerprint density at radius 3 is 2.74 bits per heavy atom. The Morgan fingerprint density at radius 1 is 1.19 bits per heavy atom. The smallest absolute Gasteiger partial charge is 0.272 e. The molecule has 4 rings (SSSR count). The van der Waals surface area contributed by atoms with Crippen molar-refractivity contribution in [2.45, 2.75) is 13.5 Å². The number of nitrogens with zero attached hydrogens (tertiary/aromatic N) is 4. The third-order valence-corrected chi connectivity index (χ3v) is 5.02. The molecule has 1 fully saturated rings. The van der Waals surface area contributed by atoms with E-state index < -0.39 is 0 Å². The molecule has 0 spiro atoms. The van der Waals surface area contributed by atoms with Crippen molar-refractivity contribution >= 4 is 22.6 Å². The van der Waals surface area contributed by atoms with E-state index in [-0.39, 0.29) is 5.91 Å². The SMILES string of the molecule is Cc1ccc2[nH]nc(C(=O)NCc3ccc(N4CCN(C)CC4)nc3)c2c1. The first-order valence-electron chi connectivity index (χ1n) is 9.21. The summed E-state index contributed by atoms with van der Waals surface area (Å²) in [5.41, 5.74) is 3.36. The number of rotatable bonds is 4. The highest BCUT2D eigenvalue weighted by Crippen LogP contribution is 2.18. The number of anilines is 1. The molecular weight excluding hydrogens is 340 g/mol. The molecule has 0 aliphatic carbocycles. The number of piperazine rings is 1. The molecule has 2 aromatic heterocycles. The highest BCUT2D eigenvalue weighted by atomic mass is 16.1. The molecule has 7 nitrogen and oxygen atoms in total. The van der Waals surface area contributed by atoms with Gasteiger partial charge in [-0.25, -0.2) is 4.98 Å². The number of amides is 1. The monoisotopic (exact) mass is 364 g/mol. The minimum Gasteiger partial charge on any atom is -0.354 e. The van der Waals surface area contributed by atoms with Crippen LogP contribution in [-0.2, 0) is 6.54 Å². The highest BCUT2D eigenvalue weighted by molar-refractivity contribution is 6.04. The summed E-state index contributed by atoms with van der Waals surface area (Å²) in [6, 6.07) is 9.96. The Morgan fingerprint density at radius 2 is 2.00 bits per heavy atom. The number of hydrogen-bond acceptors (Lipinski definition) is 5. The quantitative estimate of drug-likeness (QED) is 0.740. The zero-order chi connectivity index (χ0) is 18.8. The molecule has 140 valence electrons. The fourth-order valence-electron chi connectivity index (χ4n) is 3.31. The summed E-state index contributed by atoms with van der Waals surface area (Å²) in [5, 5.41) is 10.9. The number of nitrogens with one attached hydrogen (secondary N) is 2. The summed E-state index contributed by atoms with van der Waals surface area (Å²) in [4.78, 5) is 21.7. The summed E-state index contributed by atoms with van der Waals surface area (Å²) in [7, 11) is 2.14. The molecule has 0 atom stereocenters. The van der Waals surface area contributed by atoms with Gasteiger partial charge in [-0.2, -0.15) is 5.10 Å². The molecule has 1 saturated heterocycles. The number of benzene rings is 1. The average molecular weight is 364 g/mol. The number of carbonyl (C=O) groups excluding carboxylic acids is 1. The van der Waals surface area contributed by atoms with E-state index in [0.717, 1.165) is 54.0 Å². The summed E-state index contributed by atoms with van der Waals surface area (Å²) >= 11 is 0. The molecule has 0 bridgehead atoms. The fourth-order valence-corrected chi connectivity index (χ4v) is 3.31. The molecule has 3 aromatic rings. The van der Waals surface area contributed by atoms with Crippen LogP contribution in [0.3, 0.4) is 0 Å². The molecule has 2 N–H and O–H groups in total. The van der Waals surface area contributed by atoms with Gasteiger partial charge in [-0.1, -0.05) is 17.7 Å². The number of likely N-dealkylation sites (N-methyl/N-ethyl adjacent to an activating group) is 1. The van der Waals surface area contributed by atoms with Gasteiger partial charge in [0.2, 0.25) is 0 Å². The van der Waals surface area contributed by atoms with Crippen LogP contribution in [0.15, 0.2) is 36.5 Å². The van der Waals surface area contributed by atoms with Gasteiger partial charge in [-0.15, -0.1) is 0 Å². The van der Waals surface area contributed by atoms with E-state index in [1.807, 2.05) is 43.5 Å². The van der Waals surface area contributed by atoms with Gasteiger partial charge in [-0.05, 0) is 37.7 Å². The molecule has 1 aromatic carbocycles. The van der Waals surface area contributed by atoms with Crippen molar-refractivity contribution in [3.05, 3.63) is 53.3 Å². The molecule has 1 aliphatic rings. The number of pyridine rings is 1. The van der Waals surface area contributed by atoms with Crippen molar-refractivity contribution in [1.82, 2.24) is 25.4 Å². The van der Waals surface area contributed by atoms with Crippen molar-refractivity contribution in [3.8, 4) is 0 Å². The summed E-state index contributed by atoms with van der Waals surface area (Å²) in [6.45, 7) is 6.51. The topological polar surface area (TPSA) is 77.2 Å². The Kier molecular flexibility index (Phi) is 4.77. The van der Waals surface area contributed by atoms with Gasteiger partial charge in [0.25, 0.3) is 5.91 Å². The maximum Gasteiger partial charge on any atom is 0.272 e. The molecule has 27 heavy (non-hydrogen) atoms. The molecule has 1 amide bonds. The second-order valence-electron chi connectivity index (χ2n) is 7.12. The van der Waals surface area contributed by atoms with Crippen LogP contribution in [0.2, 0.25) is 0 Å². The largest absolute Gasteiger partial charge is 0.354 e. The molecule has 1 aliphatic heterocycles. The fraction of sp³-hybridized carbons (Fsp3) is 0.350. The van der Waals surface area contributed by atoms with Crippen LogP contribution in [0.4, 0.5) is 5.82 Å². The lowest BCUT2D eigenvalue weighted by Crippen LogP contribution is -2.44. The van der Waals surface area contributed by atoms with Gasteiger partial charge in [-0.3, -0.25) is 9.89 Å². The van der Waals surface area contributed by atoms with Gasteiger partial charge in [0.1, 0.15) is 5.82 Å². The van der Waals surface area contributed by atoms with Crippen molar-refractivity contribution in [2.75, 3.05) is 38.1 Å². The molecule has 0 radical (unpaired) electrons. The molecule has 7 heteroatoms. The van der Waals surface area contributed by atoms with E-state index in [1.165, 1.54) is 0 Å². The first-order chi connectivity index (χ1) is 13.1. The maximum atomic E-state index is 12.5. The van der Waals surface area contributed by atoms with Crippen LogP contribution in [-0.4, -0.2) is 59.2 Å². The van der Waals surface area contributed by atoms with E-state index in [2.05, 4.69) is 37.3 Å². The van der Waals surface area contributed by atoms with E-state index in [1.54, 1.807) is 0 Å². The summed E-state index contributed by atoms with van der Waals surface area (Å²) < 4.78 is 0. The normalized spacial score (nSPS) is 15.3. The van der Waals surface area contributed by atoms with Crippen molar-refractivity contribution in [1.29, 1.82) is 0 Å². The second-order valence-corrected chi connectivity index (χ2v) is 7.12. The van der Waals surface area contributed by atoms with Crippen molar-refractivity contribution in [3.63, 3.8) is 0 Å². The Hall–Kier alpha value is -2.93. The number of aryl methyl sites for hydroxylation is 1. The molecule has 0 unspecified atom stereocenters. The lowest BCUT2D eigenvalue weighted by molar-refractivity contribution is 0.0947. The van der Waals surface area contributed by atoms with Crippen LogP contribution in [0.5, 0.6) is 0 Å². The predicted octanol–water partition coefficient (Wildman–Crippen LogP) is 1.95. The summed E-state index contributed by atoms with van der Waals surface area (Å²) in [5.74, 6) is 0.807. The second kappa shape index (κ2) is 7.36. The van der Waals surface area contributed by atoms with Crippen LogP contribution in [0.25, 0.3) is 10.9 Å². The van der Waals surface area contributed by atoms with Gasteiger partial charge >= 0.3 is 0 Å². The van der Waals surface area contributed by atoms with Crippen molar-refractivity contribution < 1.29 is 4.79 Å². The zero-order valence-corrected chi connectivity index (χ0v) is 15.7. The van der Waals surface area contributed by atoms with Gasteiger partial charge in [0.15, 0.2) is 5.69 Å². The number of H-pyrrole nitrogens is 1. The predicted molar refractivity (Wildman–Crippen MR) is 106 cm³/mol. The first-order valence-corrected chi connectivity index (χ1v) is 9.21. The number of hydrogen-bond donors (Lipinski definition) is 2. The molecule has 3 heterocycles. The standard InChI is InChI=1S/C20H24N6O/c1-14-3-5-17-16(11-14)19(24-23-17)20(27)22-13-15-4-6-18(21-12-15)26-9-7-25(2)8-10-26/h3-6,11-12H,7-10,13H2,1-2H3,(H,22,27)(H,23,24). The van der Waals surface area contributed by atoms with Crippen LogP contribution >= 0.6 is 0 Å². The van der Waals surface area contributed by atoms with Crippen molar-refractivity contribution in [2.24, 2.45) is 0 Å². The summed E-state index contributed by atoms with van der Waals surface area (Å²) in [6.07, 6.45) is 1.83. The Bertz CT molecular complexity index is 941. The van der Waals surface area contributed by atoms with E-state index in [0.29, 0.717) is 12.2 Å². The van der Waals surface area contributed by atoms with E-state index in [9.17, 15) is 4.79 Å². The van der Waals surface area contributed by atoms with Gasteiger partial charge < -0.3 is 15.1 Å². The number of fused-ring (bicyclic) bond motifs is 1. The van der Waals surface area contributed by atoms with Crippen LogP contribution in [0, 0.1) is 6.92 Å². The average Bonchev–Trinajstić information content (AvgIpc) is 3.10. The molecule has 0 saturated carbocycles. The zero-order valence-electron chi connectivity index (χ0n) is 15.7. The minimum absolute atomic E-state index is 0.185. The maximum absolute atomic E-state index is 12.5. The highest BCUT2D eigenvalue weighted by Gasteiger charge is 2.16. The van der Waals surface area contributed by atoms with Gasteiger partial charge in [0.05, 0.1) is 5.52 Å². The van der Waals surface area contributed by atoms with Crippen LogP contribution < -0.4 is 10.2 Å². The number of aromatic nitrogens is 3. The van der Waals surface area contributed by atoms with E-state index >= 15 is 0 Å². The Balaban J connectivity index is 1.39. The Labute approximate surface area is 158 Å². The number of carbonyl (C=O) groups is 1. The van der Waals surface area contributed by atoms with E-state index in [4.69, 9.17) is 0 Å². The minimum atomic E-state index is -0.185.